The van der Waals surface area contributed by atoms with Gasteiger partial charge in [0.05, 0.1) is 19.3 Å². The van der Waals surface area contributed by atoms with Gasteiger partial charge in [-0.1, -0.05) is 19.1 Å². The predicted octanol–water partition coefficient (Wildman–Crippen LogP) is 4.77. The maximum Gasteiger partial charge on any atom is 0.407 e. The van der Waals surface area contributed by atoms with Crippen molar-refractivity contribution in [2.75, 3.05) is 32.2 Å². The average molecular weight is 512 g/mol. The monoisotopic (exact) mass is 511 g/mol. The summed E-state index contributed by atoms with van der Waals surface area (Å²) in [4.78, 5) is 26.1. The summed E-state index contributed by atoms with van der Waals surface area (Å²) in [6.07, 6.45) is 3.84. The molecule has 0 spiro atoms. The van der Waals surface area contributed by atoms with Crippen LogP contribution < -0.4 is 15.4 Å². The van der Waals surface area contributed by atoms with Gasteiger partial charge in [-0.15, -0.1) is 11.3 Å². The van der Waals surface area contributed by atoms with Crippen LogP contribution in [0.1, 0.15) is 60.1 Å². The molecule has 1 aliphatic heterocycles. The van der Waals surface area contributed by atoms with Gasteiger partial charge < -0.3 is 24.8 Å². The lowest BCUT2D eigenvalue weighted by Gasteiger charge is -2.25. The molecule has 36 heavy (non-hydrogen) atoms. The Morgan fingerprint density at radius 1 is 1.28 bits per heavy atom. The number of thiophene rings is 1. The molecular formula is C27H33N3O5S. The summed E-state index contributed by atoms with van der Waals surface area (Å²) < 4.78 is 16.1. The Bertz CT molecular complexity index is 1120. The summed E-state index contributed by atoms with van der Waals surface area (Å²) in [5, 5.41) is 16.3. The number of alkyl carbamates (subject to hydrolysis) is 1. The Kier molecular flexibility index (Phi) is 8.83. The Morgan fingerprint density at radius 3 is 2.83 bits per heavy atom. The second-order valence-corrected chi connectivity index (χ2v) is 10.6. The number of nitriles is 1. The largest absolute Gasteiger partial charge is 0.497 e. The van der Waals surface area contributed by atoms with Crippen LogP contribution in [0.25, 0.3) is 0 Å². The van der Waals surface area contributed by atoms with Gasteiger partial charge in [0.1, 0.15) is 16.8 Å². The fourth-order valence-corrected chi connectivity index (χ4v) is 6.10. The number of ether oxygens (including phenoxy) is 3. The van der Waals surface area contributed by atoms with Crippen molar-refractivity contribution in [2.45, 2.75) is 57.4 Å². The van der Waals surface area contributed by atoms with E-state index in [1.165, 1.54) is 11.3 Å². The number of benzene rings is 1. The van der Waals surface area contributed by atoms with Crippen molar-refractivity contribution in [1.29, 1.82) is 5.26 Å². The van der Waals surface area contributed by atoms with Crippen LogP contribution in [0.5, 0.6) is 5.75 Å². The molecule has 8 nitrogen and oxygen atoms in total. The van der Waals surface area contributed by atoms with Gasteiger partial charge in [-0.2, -0.15) is 5.26 Å². The molecule has 2 N–H and O–H groups in total. The minimum absolute atomic E-state index is 0.00836. The highest BCUT2D eigenvalue weighted by Gasteiger charge is 2.28. The van der Waals surface area contributed by atoms with E-state index in [1.54, 1.807) is 7.11 Å². The third-order valence-electron chi connectivity index (χ3n) is 6.88. The minimum atomic E-state index is -0.380. The molecule has 1 saturated heterocycles. The van der Waals surface area contributed by atoms with Crippen LogP contribution in [0.15, 0.2) is 24.3 Å². The van der Waals surface area contributed by atoms with Crippen molar-refractivity contribution in [3.05, 3.63) is 45.8 Å². The number of hydrogen-bond donors (Lipinski definition) is 2. The Hall–Kier alpha value is -3.09. The molecule has 2 aliphatic rings. The van der Waals surface area contributed by atoms with Crippen LogP contribution in [0.4, 0.5) is 9.80 Å². The summed E-state index contributed by atoms with van der Waals surface area (Å²) in [7, 11) is 1.62. The lowest BCUT2D eigenvalue weighted by Crippen LogP contribution is -2.39. The van der Waals surface area contributed by atoms with Crippen molar-refractivity contribution in [3.63, 3.8) is 0 Å². The maximum absolute atomic E-state index is 12.8. The molecule has 2 aromatic rings. The average Bonchev–Trinajstić information content (AvgIpc) is 3.23. The number of fused-ring (bicyclic) bond motifs is 1. The van der Waals surface area contributed by atoms with Crippen molar-refractivity contribution < 1.29 is 23.8 Å². The molecular weight excluding hydrogens is 478 g/mol. The topological polar surface area (TPSA) is 110 Å². The molecule has 0 saturated carbocycles. The smallest absolute Gasteiger partial charge is 0.407 e. The number of rotatable bonds is 8. The summed E-state index contributed by atoms with van der Waals surface area (Å²) in [6.45, 7) is 3.67. The highest BCUT2D eigenvalue weighted by atomic mass is 32.1. The van der Waals surface area contributed by atoms with Gasteiger partial charge in [0.15, 0.2) is 0 Å². The summed E-state index contributed by atoms with van der Waals surface area (Å²) in [6, 6.07) is 10.1. The first-order valence-corrected chi connectivity index (χ1v) is 13.3. The molecule has 1 aromatic carbocycles. The van der Waals surface area contributed by atoms with E-state index in [9.17, 15) is 14.9 Å². The van der Waals surface area contributed by atoms with Gasteiger partial charge in [0.2, 0.25) is 5.91 Å². The molecule has 2 heterocycles. The maximum atomic E-state index is 12.8. The van der Waals surface area contributed by atoms with Crippen molar-refractivity contribution >= 4 is 28.3 Å². The van der Waals surface area contributed by atoms with Crippen LogP contribution in [0.3, 0.4) is 0 Å². The number of nitrogens with one attached hydrogen (secondary N) is 2. The van der Waals surface area contributed by atoms with Crippen molar-refractivity contribution in [2.24, 2.45) is 5.92 Å². The molecule has 1 aromatic heterocycles. The zero-order valence-corrected chi connectivity index (χ0v) is 21.6. The zero-order valence-electron chi connectivity index (χ0n) is 20.8. The van der Waals surface area contributed by atoms with E-state index in [4.69, 9.17) is 14.2 Å². The van der Waals surface area contributed by atoms with Gasteiger partial charge in [-0.05, 0) is 67.2 Å². The third-order valence-corrected chi connectivity index (χ3v) is 8.05. The standard InChI is InChI=1S/C27H33N3O5S/c1-17(19-4-3-5-21(14-19)33-2)12-25(31)30-26-23(15-28)22-7-6-18(13-24(22)36-26)16-35-27(32)29-20-8-10-34-11-9-20/h3-5,14,17-18,20H,6-13,16H2,1-2H3,(H,29,32)(H,30,31). The molecule has 2 amide bonds. The number of carbonyl (C=O) groups excluding carboxylic acids is 2. The van der Waals surface area contributed by atoms with E-state index in [0.717, 1.165) is 53.9 Å². The van der Waals surface area contributed by atoms with E-state index < -0.39 is 0 Å². The van der Waals surface area contributed by atoms with Gasteiger partial charge in [0.25, 0.3) is 0 Å². The molecule has 1 aliphatic carbocycles. The molecule has 9 heteroatoms. The highest BCUT2D eigenvalue weighted by molar-refractivity contribution is 7.16. The SMILES string of the molecule is COc1cccc(C(C)CC(=O)Nc2sc3c(c2C#N)CCC(COC(=O)NC2CCOCC2)C3)c1. The molecule has 2 unspecified atom stereocenters. The van der Waals surface area contributed by atoms with E-state index >= 15 is 0 Å². The first kappa shape index (κ1) is 26.0. The molecule has 0 bridgehead atoms. The predicted molar refractivity (Wildman–Crippen MR) is 138 cm³/mol. The normalized spacial score (nSPS) is 18.4. The van der Waals surface area contributed by atoms with Crippen LogP contribution in [-0.4, -0.2) is 45.0 Å². The first-order valence-electron chi connectivity index (χ1n) is 12.5. The Morgan fingerprint density at radius 2 is 2.08 bits per heavy atom. The lowest BCUT2D eigenvalue weighted by molar-refractivity contribution is -0.116. The number of nitrogens with zero attached hydrogens (tertiary/aromatic N) is 1. The first-order chi connectivity index (χ1) is 17.5. The van der Waals surface area contributed by atoms with Gasteiger partial charge in [0, 0.05) is 30.6 Å². The van der Waals surface area contributed by atoms with Gasteiger partial charge in [-0.25, -0.2) is 4.79 Å². The number of hydrogen-bond acceptors (Lipinski definition) is 7. The Labute approximate surface area is 215 Å². The fourth-order valence-electron chi connectivity index (χ4n) is 4.77. The van der Waals surface area contributed by atoms with E-state index in [0.29, 0.717) is 36.8 Å². The second-order valence-electron chi connectivity index (χ2n) is 9.49. The van der Waals surface area contributed by atoms with Gasteiger partial charge in [-0.3, -0.25) is 4.79 Å². The summed E-state index contributed by atoms with van der Waals surface area (Å²) in [5.41, 5.74) is 2.61. The van der Waals surface area contributed by atoms with E-state index in [1.807, 2.05) is 31.2 Å². The number of amides is 2. The number of methoxy groups -OCH3 is 1. The van der Waals surface area contributed by atoms with Crippen LogP contribution >= 0.6 is 11.3 Å². The van der Waals surface area contributed by atoms with Gasteiger partial charge >= 0.3 is 6.09 Å². The zero-order chi connectivity index (χ0) is 25.5. The number of carbonyl (C=O) groups is 2. The van der Waals surface area contributed by atoms with Crippen LogP contribution in [0.2, 0.25) is 0 Å². The van der Waals surface area contributed by atoms with Crippen LogP contribution in [0, 0.1) is 17.2 Å². The second kappa shape index (κ2) is 12.2. The minimum Gasteiger partial charge on any atom is -0.497 e. The molecule has 192 valence electrons. The quantitative estimate of drug-likeness (QED) is 0.528. The molecule has 4 rings (SSSR count). The highest BCUT2D eigenvalue weighted by Crippen LogP contribution is 2.39. The van der Waals surface area contributed by atoms with E-state index in [2.05, 4.69) is 16.7 Å². The van der Waals surface area contributed by atoms with Crippen molar-refractivity contribution in [1.82, 2.24) is 5.32 Å². The van der Waals surface area contributed by atoms with Crippen molar-refractivity contribution in [3.8, 4) is 11.8 Å². The number of anilines is 1. The third kappa shape index (κ3) is 6.56. The fraction of sp³-hybridized carbons (Fsp3) is 0.519. The van der Waals surface area contributed by atoms with Crippen LogP contribution in [-0.2, 0) is 27.1 Å². The Balaban J connectivity index is 1.32. The molecule has 2 atom stereocenters. The summed E-state index contributed by atoms with van der Waals surface area (Å²) in [5.74, 6) is 0.843. The lowest BCUT2D eigenvalue weighted by atomic mass is 9.88. The molecule has 0 radical (unpaired) electrons. The summed E-state index contributed by atoms with van der Waals surface area (Å²) >= 11 is 1.47. The van der Waals surface area contributed by atoms with E-state index in [-0.39, 0.29) is 29.9 Å². The molecule has 1 fully saturated rings.